The molecule has 12 nitrogen and oxygen atoms in total. The van der Waals surface area contributed by atoms with E-state index in [1.54, 1.807) is 0 Å². The van der Waals surface area contributed by atoms with Gasteiger partial charge in [-0.2, -0.15) is 0 Å². The third kappa shape index (κ3) is 4.41. The molecule has 0 saturated carbocycles. The maximum absolute atomic E-state index is 11.9. The van der Waals surface area contributed by atoms with Crippen molar-refractivity contribution in [3.05, 3.63) is 16.2 Å². The molecule has 0 spiro atoms. The average Bonchev–Trinajstić information content (AvgIpc) is 2.43. The van der Waals surface area contributed by atoms with E-state index in [4.69, 9.17) is 15.7 Å². The van der Waals surface area contributed by atoms with Gasteiger partial charge in [-0.1, -0.05) is 0 Å². The van der Waals surface area contributed by atoms with Gasteiger partial charge in [0.05, 0.1) is 12.0 Å². The highest BCUT2D eigenvalue weighted by Crippen LogP contribution is 2.32. The molecule has 126 valence electrons. The molecule has 1 aromatic rings. The summed E-state index contributed by atoms with van der Waals surface area (Å²) < 4.78 is 0. The predicted molar refractivity (Wildman–Crippen MR) is 79.8 cm³/mol. The molecular formula is C11H16N6O6. The van der Waals surface area contributed by atoms with Gasteiger partial charge in [0.2, 0.25) is 5.82 Å². The lowest BCUT2D eigenvalue weighted by Gasteiger charge is -2.20. The lowest BCUT2D eigenvalue weighted by molar-refractivity contribution is -0.383. The summed E-state index contributed by atoms with van der Waals surface area (Å²) >= 11 is 0. The van der Waals surface area contributed by atoms with E-state index in [1.807, 2.05) is 5.32 Å². The molecule has 0 aliphatic heterocycles. The summed E-state index contributed by atoms with van der Waals surface area (Å²) in [6, 6.07) is 0.164. The summed E-state index contributed by atoms with van der Waals surface area (Å²) in [4.78, 5) is 41.2. The molecule has 2 amide bonds. The molecule has 12 heteroatoms. The number of likely N-dealkylation sites (N-methyl/N-ethyl adjacent to an activating group) is 1. The summed E-state index contributed by atoms with van der Waals surface area (Å²) in [5.74, 6) is -1.23. The summed E-state index contributed by atoms with van der Waals surface area (Å²) in [7, 11) is 2.65. The van der Waals surface area contributed by atoms with Crippen LogP contribution >= 0.6 is 0 Å². The molecule has 0 unspecified atom stereocenters. The van der Waals surface area contributed by atoms with Gasteiger partial charge in [-0.05, 0) is 6.92 Å². The van der Waals surface area contributed by atoms with Crippen LogP contribution in [-0.4, -0.2) is 52.3 Å². The smallest absolute Gasteiger partial charge is 0.410 e. The van der Waals surface area contributed by atoms with E-state index in [9.17, 15) is 19.7 Å². The molecule has 1 rings (SSSR count). The van der Waals surface area contributed by atoms with Crippen LogP contribution in [0.2, 0.25) is 0 Å². The van der Waals surface area contributed by atoms with Gasteiger partial charge in [0.15, 0.2) is 0 Å². The first-order valence-electron chi connectivity index (χ1n) is 6.20. The number of nitrogens with one attached hydrogen (secondary N) is 2. The number of carbonyl (C=O) groups excluding carboxylic acids is 1. The highest BCUT2D eigenvalue weighted by molar-refractivity contribution is 5.88. The second kappa shape index (κ2) is 7.22. The summed E-state index contributed by atoms with van der Waals surface area (Å²) in [5.41, 5.74) is 4.77. The van der Waals surface area contributed by atoms with Crippen LogP contribution in [0.4, 0.5) is 27.8 Å². The number of amides is 2. The van der Waals surface area contributed by atoms with E-state index >= 15 is 0 Å². The molecule has 0 aliphatic rings. The Balaban J connectivity index is 3.20. The van der Waals surface area contributed by atoms with E-state index in [1.165, 1.54) is 21.1 Å². The molecule has 0 bridgehead atoms. The summed E-state index contributed by atoms with van der Waals surface area (Å²) in [6.45, 7) is 1.45. The zero-order chi connectivity index (χ0) is 17.7. The maximum atomic E-state index is 11.9. The van der Waals surface area contributed by atoms with Crippen molar-refractivity contribution >= 4 is 35.0 Å². The number of carbonyl (C=O) groups is 2. The molecule has 23 heavy (non-hydrogen) atoms. The van der Waals surface area contributed by atoms with Crippen LogP contribution in [0.15, 0.2) is 6.07 Å². The fraction of sp³-hybridized carbons (Fsp3) is 0.364. The number of nitrogens with zero attached hydrogens (tertiary/aromatic N) is 3. The Kier molecular flexibility index (Phi) is 5.62. The minimum Gasteiger partial charge on any atom is -0.465 e. The van der Waals surface area contributed by atoms with Crippen molar-refractivity contribution in [1.29, 1.82) is 0 Å². The molecular weight excluding hydrogens is 312 g/mol. The van der Waals surface area contributed by atoms with Gasteiger partial charge in [-0.3, -0.25) is 25.1 Å². The Hall–Kier alpha value is -3.15. The van der Waals surface area contributed by atoms with Crippen molar-refractivity contribution in [2.24, 2.45) is 0 Å². The van der Waals surface area contributed by atoms with Gasteiger partial charge in [-0.25, -0.2) is 14.8 Å². The molecule has 0 radical (unpaired) electrons. The zero-order valence-electron chi connectivity index (χ0n) is 12.6. The van der Waals surface area contributed by atoms with Crippen molar-refractivity contribution in [2.45, 2.75) is 13.0 Å². The fourth-order valence-electron chi connectivity index (χ4n) is 1.69. The monoisotopic (exact) mass is 328 g/mol. The topological polar surface area (TPSA) is 173 Å². The van der Waals surface area contributed by atoms with Crippen LogP contribution in [0.25, 0.3) is 0 Å². The number of aromatic nitrogens is 1. The van der Waals surface area contributed by atoms with Gasteiger partial charge < -0.3 is 16.2 Å². The number of nitro groups is 1. The molecule has 5 N–H and O–H groups in total. The fourth-order valence-corrected chi connectivity index (χ4v) is 1.69. The third-order valence-corrected chi connectivity index (χ3v) is 2.76. The number of rotatable bonds is 6. The lowest BCUT2D eigenvalue weighted by Crippen LogP contribution is -2.38. The number of carboxylic acid groups (broad SMARTS) is 1. The summed E-state index contributed by atoms with van der Waals surface area (Å²) in [5, 5.41) is 25.2. The van der Waals surface area contributed by atoms with Gasteiger partial charge in [0.1, 0.15) is 17.5 Å². The molecule has 0 aromatic carbocycles. The Morgan fingerprint density at radius 3 is 2.65 bits per heavy atom. The van der Waals surface area contributed by atoms with Crippen LogP contribution in [0.1, 0.15) is 6.92 Å². The molecule has 1 atom stereocenters. The van der Waals surface area contributed by atoms with Gasteiger partial charge in [0, 0.05) is 13.1 Å². The molecule has 0 saturated heterocycles. The number of pyridine rings is 1. The largest absolute Gasteiger partial charge is 0.465 e. The molecule has 0 aliphatic carbocycles. The van der Waals surface area contributed by atoms with Crippen molar-refractivity contribution in [2.75, 3.05) is 30.5 Å². The number of nitrogens with two attached hydrogens (primary N) is 1. The Morgan fingerprint density at radius 1 is 1.57 bits per heavy atom. The molecule has 1 heterocycles. The van der Waals surface area contributed by atoms with Crippen LogP contribution in [0.5, 0.6) is 0 Å². The van der Waals surface area contributed by atoms with E-state index in [2.05, 4.69) is 10.3 Å². The van der Waals surface area contributed by atoms with Crippen LogP contribution in [0, 0.1) is 10.1 Å². The minimum absolute atomic E-state index is 0.156. The van der Waals surface area contributed by atoms with E-state index < -0.39 is 34.5 Å². The van der Waals surface area contributed by atoms with Gasteiger partial charge >= 0.3 is 11.8 Å². The highest BCUT2D eigenvalue weighted by atomic mass is 16.7. The predicted octanol–water partition coefficient (Wildman–Crippen LogP) is 0.482. The first-order valence-corrected chi connectivity index (χ1v) is 6.20. The maximum Gasteiger partial charge on any atom is 0.410 e. The van der Waals surface area contributed by atoms with Crippen molar-refractivity contribution in [3.8, 4) is 0 Å². The van der Waals surface area contributed by atoms with Crippen molar-refractivity contribution in [1.82, 2.24) is 10.0 Å². The zero-order valence-corrected chi connectivity index (χ0v) is 12.6. The van der Waals surface area contributed by atoms with Gasteiger partial charge in [-0.15, -0.1) is 0 Å². The van der Waals surface area contributed by atoms with Crippen LogP contribution in [0.3, 0.4) is 0 Å². The second-order valence-electron chi connectivity index (χ2n) is 4.36. The van der Waals surface area contributed by atoms with Gasteiger partial charge in [0.25, 0.3) is 5.91 Å². The van der Waals surface area contributed by atoms with E-state index in [-0.39, 0.29) is 11.5 Å². The standard InChI is InChI=1S/C11H16N6O6/c1-5(10(18)16(2)23-3)13-6-4-7(15-11(19)20)14-9(12)8(6)17(21)22/h4-5H,1-3H3,(H,19,20)(H4,12,13,14,15)/t5-/m0/s1. The number of nitrogen functional groups attached to an aromatic ring is 1. The highest BCUT2D eigenvalue weighted by Gasteiger charge is 2.26. The van der Waals surface area contributed by atoms with Crippen LogP contribution < -0.4 is 16.4 Å². The number of anilines is 3. The van der Waals surface area contributed by atoms with Crippen LogP contribution in [-0.2, 0) is 9.63 Å². The SMILES string of the molecule is CON(C)C(=O)[C@H](C)Nc1cc(NC(=O)O)nc(N)c1[N+](=O)[O-]. The Labute approximate surface area is 130 Å². The van der Waals surface area contributed by atoms with Crippen molar-refractivity contribution in [3.63, 3.8) is 0 Å². The normalized spacial score (nSPS) is 11.4. The van der Waals surface area contributed by atoms with Crippen molar-refractivity contribution < 1.29 is 24.5 Å². The molecule has 0 fully saturated rings. The minimum atomic E-state index is -1.42. The quantitative estimate of drug-likeness (QED) is 0.427. The van der Waals surface area contributed by atoms with E-state index in [0.29, 0.717) is 0 Å². The average molecular weight is 328 g/mol. The Morgan fingerprint density at radius 2 is 2.17 bits per heavy atom. The number of hydrogen-bond acceptors (Lipinski definition) is 8. The van der Waals surface area contributed by atoms with E-state index in [0.717, 1.165) is 11.1 Å². The number of hydroxylamine groups is 2. The number of hydrogen-bond donors (Lipinski definition) is 4. The first kappa shape index (κ1) is 17.9. The molecule has 1 aromatic heterocycles. The first-order chi connectivity index (χ1) is 10.7. The third-order valence-electron chi connectivity index (χ3n) is 2.76. The Bertz CT molecular complexity index is 636. The lowest BCUT2D eigenvalue weighted by atomic mass is 10.2. The summed E-state index contributed by atoms with van der Waals surface area (Å²) in [6.07, 6.45) is -1.42. The second-order valence-corrected chi connectivity index (χ2v) is 4.36.